The highest BCUT2D eigenvalue weighted by Gasteiger charge is 2.12. The van der Waals surface area contributed by atoms with Crippen molar-refractivity contribution in [2.45, 2.75) is 25.7 Å². The third-order valence-corrected chi connectivity index (χ3v) is 4.34. The number of benzene rings is 1. The van der Waals surface area contributed by atoms with E-state index in [9.17, 15) is 0 Å². The summed E-state index contributed by atoms with van der Waals surface area (Å²) in [5.74, 6) is 0.0641. The molecular weight excluding hydrogens is 258 g/mol. The van der Waals surface area contributed by atoms with Crippen molar-refractivity contribution in [1.29, 1.82) is 0 Å². The van der Waals surface area contributed by atoms with E-state index in [-0.39, 0.29) is 5.84 Å². The number of fused-ring (bicyclic) bond motifs is 1. The lowest BCUT2D eigenvalue weighted by Gasteiger charge is -2.16. The van der Waals surface area contributed by atoms with Crippen LogP contribution in [-0.4, -0.2) is 16.0 Å². The molecule has 3 N–H and O–H groups in total. The van der Waals surface area contributed by atoms with Crippen LogP contribution in [0, 0.1) is 0 Å². The van der Waals surface area contributed by atoms with Crippen LogP contribution in [0.1, 0.15) is 29.0 Å². The fourth-order valence-electron chi connectivity index (χ4n) is 2.46. The molecule has 19 heavy (non-hydrogen) atoms. The Morgan fingerprint density at radius 3 is 2.84 bits per heavy atom. The van der Waals surface area contributed by atoms with Gasteiger partial charge in [0.1, 0.15) is 0 Å². The zero-order valence-corrected chi connectivity index (χ0v) is 11.3. The molecule has 0 saturated carbocycles. The van der Waals surface area contributed by atoms with Crippen LogP contribution in [0.4, 0.5) is 0 Å². The van der Waals surface area contributed by atoms with Gasteiger partial charge in [0.25, 0.3) is 0 Å². The number of hydrogen-bond donors (Lipinski definition) is 2. The molecule has 0 spiro atoms. The summed E-state index contributed by atoms with van der Waals surface area (Å²) in [5.41, 5.74) is 10.4. The van der Waals surface area contributed by atoms with Crippen LogP contribution in [0.15, 0.2) is 28.7 Å². The molecule has 1 aliphatic rings. The van der Waals surface area contributed by atoms with Crippen molar-refractivity contribution in [2.24, 2.45) is 10.9 Å². The first kappa shape index (κ1) is 12.2. The fourth-order valence-corrected chi connectivity index (χ4v) is 3.18. The van der Waals surface area contributed by atoms with E-state index in [0.29, 0.717) is 5.01 Å². The van der Waals surface area contributed by atoms with Gasteiger partial charge in [-0.25, -0.2) is 4.98 Å². The molecule has 0 radical (unpaired) electrons. The molecule has 2 aromatic rings. The molecule has 4 nitrogen and oxygen atoms in total. The molecule has 0 fully saturated rings. The van der Waals surface area contributed by atoms with E-state index in [0.717, 1.165) is 17.7 Å². The van der Waals surface area contributed by atoms with E-state index in [1.165, 1.54) is 41.7 Å². The second kappa shape index (κ2) is 5.01. The van der Waals surface area contributed by atoms with Crippen LogP contribution in [-0.2, 0) is 12.8 Å². The highest BCUT2D eigenvalue weighted by atomic mass is 32.1. The van der Waals surface area contributed by atoms with Gasteiger partial charge in [0.15, 0.2) is 10.8 Å². The number of rotatable bonds is 2. The predicted octanol–water partition coefficient (Wildman–Crippen LogP) is 2.78. The Kier molecular flexibility index (Phi) is 3.21. The normalized spacial score (nSPS) is 15.3. The molecule has 3 rings (SSSR count). The summed E-state index contributed by atoms with van der Waals surface area (Å²) in [6.07, 6.45) is 4.89. The van der Waals surface area contributed by atoms with Gasteiger partial charge < -0.3 is 10.9 Å². The lowest BCUT2D eigenvalue weighted by molar-refractivity contribution is 0.318. The first-order valence-electron chi connectivity index (χ1n) is 6.33. The van der Waals surface area contributed by atoms with Gasteiger partial charge in [-0.3, -0.25) is 0 Å². The molecule has 0 aliphatic heterocycles. The van der Waals surface area contributed by atoms with Gasteiger partial charge in [0.2, 0.25) is 0 Å². The monoisotopic (exact) mass is 273 g/mol. The maximum Gasteiger partial charge on any atom is 0.199 e. The minimum atomic E-state index is 0.0641. The fraction of sp³-hybridized carbons (Fsp3) is 0.286. The highest BCUT2D eigenvalue weighted by Crippen LogP contribution is 2.28. The summed E-state index contributed by atoms with van der Waals surface area (Å²) < 4.78 is 0. The Morgan fingerprint density at radius 1 is 1.26 bits per heavy atom. The van der Waals surface area contributed by atoms with Crippen molar-refractivity contribution in [1.82, 2.24) is 4.98 Å². The second-order valence-electron chi connectivity index (χ2n) is 4.71. The van der Waals surface area contributed by atoms with Gasteiger partial charge in [0, 0.05) is 10.9 Å². The standard InChI is InChI=1S/C14H15N3OS/c15-13(17-18)14-16-12(8-19-14)11-6-5-9-3-1-2-4-10(9)7-11/h5-8,18H,1-4H2,(H2,15,17). The van der Waals surface area contributed by atoms with Gasteiger partial charge in [-0.05, 0) is 42.9 Å². The summed E-state index contributed by atoms with van der Waals surface area (Å²) in [6, 6.07) is 6.53. The highest BCUT2D eigenvalue weighted by molar-refractivity contribution is 7.12. The number of oxime groups is 1. The van der Waals surface area contributed by atoms with Crippen molar-refractivity contribution in [3.63, 3.8) is 0 Å². The van der Waals surface area contributed by atoms with Crippen LogP contribution in [0.25, 0.3) is 11.3 Å². The van der Waals surface area contributed by atoms with Crippen molar-refractivity contribution in [3.05, 3.63) is 39.7 Å². The summed E-state index contributed by atoms with van der Waals surface area (Å²) in [5, 5.41) is 14.1. The summed E-state index contributed by atoms with van der Waals surface area (Å²) in [6.45, 7) is 0. The van der Waals surface area contributed by atoms with Gasteiger partial charge in [-0.15, -0.1) is 11.3 Å². The molecule has 0 bridgehead atoms. The zero-order valence-electron chi connectivity index (χ0n) is 10.5. The number of nitrogens with two attached hydrogens (primary N) is 1. The molecule has 98 valence electrons. The van der Waals surface area contributed by atoms with E-state index in [1.54, 1.807) is 0 Å². The average Bonchev–Trinajstić information content (AvgIpc) is 2.95. The van der Waals surface area contributed by atoms with E-state index >= 15 is 0 Å². The van der Waals surface area contributed by atoms with E-state index in [4.69, 9.17) is 10.9 Å². The molecule has 0 unspecified atom stereocenters. The number of aryl methyl sites for hydroxylation is 2. The summed E-state index contributed by atoms with van der Waals surface area (Å²) in [7, 11) is 0. The van der Waals surface area contributed by atoms with Crippen molar-refractivity contribution >= 4 is 17.2 Å². The van der Waals surface area contributed by atoms with E-state index < -0.39 is 0 Å². The number of hydrogen-bond acceptors (Lipinski definition) is 4. The van der Waals surface area contributed by atoms with Gasteiger partial charge in [0.05, 0.1) is 5.69 Å². The third-order valence-electron chi connectivity index (χ3n) is 3.48. The minimum Gasteiger partial charge on any atom is -0.409 e. The van der Waals surface area contributed by atoms with Gasteiger partial charge >= 0.3 is 0 Å². The molecule has 1 aromatic heterocycles. The van der Waals surface area contributed by atoms with Crippen LogP contribution in [0.5, 0.6) is 0 Å². The van der Waals surface area contributed by atoms with Gasteiger partial charge in [-0.2, -0.15) is 0 Å². The Hall–Kier alpha value is -1.88. The maximum absolute atomic E-state index is 8.66. The van der Waals surface area contributed by atoms with Crippen LogP contribution < -0.4 is 5.73 Å². The first-order chi connectivity index (χ1) is 9.28. The Morgan fingerprint density at radius 2 is 2.05 bits per heavy atom. The lowest BCUT2D eigenvalue weighted by atomic mass is 9.90. The molecule has 0 amide bonds. The molecule has 0 saturated heterocycles. The molecule has 1 aliphatic carbocycles. The number of nitrogens with zero attached hydrogens (tertiary/aromatic N) is 2. The quantitative estimate of drug-likeness (QED) is 0.382. The number of aromatic nitrogens is 1. The first-order valence-corrected chi connectivity index (χ1v) is 7.21. The van der Waals surface area contributed by atoms with Crippen LogP contribution >= 0.6 is 11.3 Å². The SMILES string of the molecule is N/C(=N/O)c1nc(-c2ccc3c(c2)CCCC3)cs1. The largest absolute Gasteiger partial charge is 0.409 e. The molecule has 1 aromatic carbocycles. The summed E-state index contributed by atoms with van der Waals surface area (Å²) in [4.78, 5) is 4.40. The number of thiazole rings is 1. The van der Waals surface area contributed by atoms with E-state index in [2.05, 4.69) is 28.3 Å². The number of amidine groups is 1. The topological polar surface area (TPSA) is 71.5 Å². The van der Waals surface area contributed by atoms with Gasteiger partial charge in [-0.1, -0.05) is 17.3 Å². The average molecular weight is 273 g/mol. The zero-order chi connectivity index (χ0) is 13.2. The summed E-state index contributed by atoms with van der Waals surface area (Å²) >= 11 is 1.39. The minimum absolute atomic E-state index is 0.0641. The Labute approximate surface area is 115 Å². The second-order valence-corrected chi connectivity index (χ2v) is 5.57. The lowest BCUT2D eigenvalue weighted by Crippen LogP contribution is -2.12. The maximum atomic E-state index is 8.66. The van der Waals surface area contributed by atoms with Crippen molar-refractivity contribution in [2.75, 3.05) is 0 Å². The smallest absolute Gasteiger partial charge is 0.199 e. The molecule has 1 heterocycles. The Bertz CT molecular complexity index is 633. The molecule has 0 atom stereocenters. The van der Waals surface area contributed by atoms with E-state index in [1.807, 2.05) is 5.38 Å². The third kappa shape index (κ3) is 2.33. The van der Waals surface area contributed by atoms with Crippen molar-refractivity contribution < 1.29 is 5.21 Å². The molecule has 5 heteroatoms. The molecular formula is C14H15N3OS. The predicted molar refractivity (Wildman–Crippen MR) is 76.7 cm³/mol. The van der Waals surface area contributed by atoms with Crippen LogP contribution in [0.3, 0.4) is 0 Å². The Balaban J connectivity index is 1.96. The van der Waals surface area contributed by atoms with Crippen LogP contribution in [0.2, 0.25) is 0 Å². The van der Waals surface area contributed by atoms with Crippen molar-refractivity contribution in [3.8, 4) is 11.3 Å².